The number of thioether (sulfide) groups is 2. The van der Waals surface area contributed by atoms with E-state index in [4.69, 9.17) is 17.2 Å². The quantitative estimate of drug-likeness (QED) is 0.0303. The van der Waals surface area contributed by atoms with Crippen molar-refractivity contribution >= 4 is 82.7 Å². The molecule has 13 atom stereocenters. The SMILES string of the molecule is CC[C@H](C)[C@H](NC(=O)[C@H](CO)NC(=O)[C@@H](NC(=O)[C@H](CO)NC(=O)[C@@H](NC(=O)[C@H](CCCCN)NC(=O)[C@@H](NC(=O)[C@H](CCCCN)NC(=O)[C@H](CCSC)NC(=O)[C@@H](N)CCSC)[C@@H](C)CC)[C@@H](C)CC)C(C)C)C(=O)O. The van der Waals surface area contributed by atoms with Crippen molar-refractivity contribution in [1.29, 1.82) is 0 Å². The maximum atomic E-state index is 14.4. The number of rotatable bonds is 42. The molecule has 0 unspecified atom stereocenters. The second kappa shape index (κ2) is 40.4. The van der Waals surface area contributed by atoms with Crippen LogP contribution < -0.4 is 65.1 Å². The minimum absolute atomic E-state index is 0.0593. The minimum Gasteiger partial charge on any atom is -0.480 e. The molecule has 0 saturated heterocycles. The molecule has 27 heteroatoms. The summed E-state index contributed by atoms with van der Waals surface area (Å²) >= 11 is 3.00. The molecule has 0 aliphatic carbocycles. The fraction of sp³-hybridized carbons (Fsp3) is 0.804. The first-order chi connectivity index (χ1) is 36.9. The fourth-order valence-corrected chi connectivity index (χ4v) is 8.73. The zero-order valence-electron chi connectivity index (χ0n) is 47.6. The van der Waals surface area contributed by atoms with Gasteiger partial charge in [-0.25, -0.2) is 4.79 Å². The molecule has 0 aromatic rings. The Morgan fingerprint density at radius 2 is 0.718 bits per heavy atom. The van der Waals surface area contributed by atoms with Crippen LogP contribution in [0.15, 0.2) is 0 Å². The largest absolute Gasteiger partial charge is 0.480 e. The van der Waals surface area contributed by atoms with Gasteiger partial charge < -0.3 is 80.4 Å². The second-order valence-corrected chi connectivity index (χ2v) is 22.1. The molecule has 0 aliphatic rings. The number of nitrogens with two attached hydrogens (primary N) is 3. The molecular formula is C51H96N12O13S2. The van der Waals surface area contributed by atoms with Gasteiger partial charge in [0.2, 0.25) is 53.2 Å². The van der Waals surface area contributed by atoms with E-state index in [1.807, 2.05) is 12.5 Å². The van der Waals surface area contributed by atoms with Gasteiger partial charge in [-0.05, 0) is 112 Å². The highest BCUT2D eigenvalue weighted by molar-refractivity contribution is 7.98. The van der Waals surface area contributed by atoms with Gasteiger partial charge in [-0.3, -0.25) is 43.2 Å². The lowest BCUT2D eigenvalue weighted by Gasteiger charge is -2.31. The Morgan fingerprint density at radius 1 is 0.410 bits per heavy atom. The molecule has 0 aliphatic heterocycles. The normalized spacial score (nSPS) is 16.4. The standard InChI is InChI=1S/C51H96N12O13S2/c1-11-29(6)39(61-44(68)33(18-14-16-22-52)56-43(67)35(21-25-78-10)55-42(66)32(54)20-24-77-9)49(73)57-34(19-15-17-23-53)45(69)62-40(30(7)12-2)50(74)59-36(26-64)46(70)60-38(28(4)5)48(72)58-37(27-65)47(71)63-41(51(75)76)31(8)13-3/h28-41,64-65H,11-27,52-54H2,1-10H3,(H,55,66)(H,56,67)(H,57,73)(H,58,72)(H,59,74)(H,60,70)(H,61,68)(H,62,69)(H,63,71)(H,75,76)/t29-,30-,31-,32-,33-,34-,35-,36-,37-,38-,39-,40-,41-/m0/s1. The number of carbonyl (C=O) groups is 10. The van der Waals surface area contributed by atoms with Crippen LogP contribution in [-0.2, 0) is 47.9 Å². The molecule has 0 radical (unpaired) electrons. The number of carboxylic acid groups (broad SMARTS) is 1. The molecule has 78 heavy (non-hydrogen) atoms. The van der Waals surface area contributed by atoms with E-state index in [1.54, 1.807) is 55.4 Å². The van der Waals surface area contributed by atoms with Crippen LogP contribution >= 0.6 is 23.5 Å². The van der Waals surface area contributed by atoms with Crippen molar-refractivity contribution in [3.05, 3.63) is 0 Å². The second-order valence-electron chi connectivity index (χ2n) is 20.1. The van der Waals surface area contributed by atoms with Crippen LogP contribution in [0.4, 0.5) is 0 Å². The average Bonchev–Trinajstić information content (AvgIpc) is 3.41. The summed E-state index contributed by atoms with van der Waals surface area (Å²) in [5.74, 6) is -9.50. The molecule has 0 saturated carbocycles. The summed E-state index contributed by atoms with van der Waals surface area (Å²) in [5, 5.41) is 53.3. The summed E-state index contributed by atoms with van der Waals surface area (Å²) in [5.41, 5.74) is 17.7. The topological polar surface area (TPSA) is 418 Å². The molecule has 0 aromatic carbocycles. The van der Waals surface area contributed by atoms with E-state index >= 15 is 0 Å². The number of aliphatic hydroxyl groups excluding tert-OH is 2. The lowest BCUT2D eigenvalue weighted by Crippen LogP contribution is -2.62. The van der Waals surface area contributed by atoms with Gasteiger partial charge >= 0.3 is 5.97 Å². The highest BCUT2D eigenvalue weighted by Gasteiger charge is 2.38. The zero-order chi connectivity index (χ0) is 59.7. The number of carboxylic acids is 1. The van der Waals surface area contributed by atoms with Crippen LogP contribution in [0.3, 0.4) is 0 Å². The molecule has 450 valence electrons. The van der Waals surface area contributed by atoms with Gasteiger partial charge in [0.25, 0.3) is 0 Å². The number of amides is 9. The Hall–Kier alpha value is -4.80. The molecule has 0 fully saturated rings. The van der Waals surface area contributed by atoms with E-state index in [0.717, 1.165) is 0 Å². The number of hydrogen-bond acceptors (Lipinski definition) is 17. The first-order valence-electron chi connectivity index (χ1n) is 27.2. The van der Waals surface area contributed by atoms with E-state index in [1.165, 1.54) is 23.5 Å². The number of nitrogens with one attached hydrogen (secondary N) is 9. The molecule has 18 N–H and O–H groups in total. The maximum absolute atomic E-state index is 14.4. The van der Waals surface area contributed by atoms with E-state index < -0.39 is 156 Å². The summed E-state index contributed by atoms with van der Waals surface area (Å²) in [7, 11) is 0. The van der Waals surface area contributed by atoms with Crippen molar-refractivity contribution in [3.63, 3.8) is 0 Å². The first-order valence-corrected chi connectivity index (χ1v) is 30.0. The Kier molecular flexibility index (Phi) is 37.9. The molecule has 25 nitrogen and oxygen atoms in total. The number of unbranched alkanes of at least 4 members (excludes halogenated alkanes) is 2. The number of aliphatic carboxylic acids is 1. The maximum Gasteiger partial charge on any atom is 0.326 e. The third kappa shape index (κ3) is 26.4. The predicted molar refractivity (Wildman–Crippen MR) is 302 cm³/mol. The Bertz CT molecular complexity index is 1890. The highest BCUT2D eigenvalue weighted by atomic mass is 32.2. The summed E-state index contributed by atoms with van der Waals surface area (Å²) < 4.78 is 0. The highest BCUT2D eigenvalue weighted by Crippen LogP contribution is 2.15. The average molecular weight is 1150 g/mol. The van der Waals surface area contributed by atoms with Crippen molar-refractivity contribution in [2.75, 3.05) is 50.3 Å². The van der Waals surface area contributed by atoms with Crippen LogP contribution in [0.25, 0.3) is 0 Å². The van der Waals surface area contributed by atoms with Crippen LogP contribution in [0.5, 0.6) is 0 Å². The van der Waals surface area contributed by atoms with E-state index in [-0.39, 0.29) is 25.8 Å². The molecule has 9 amide bonds. The summed E-state index contributed by atoms with van der Waals surface area (Å²) in [6, 6.07) is -12.8. The lowest BCUT2D eigenvalue weighted by molar-refractivity contribution is -0.144. The third-order valence-corrected chi connectivity index (χ3v) is 14.9. The van der Waals surface area contributed by atoms with Crippen molar-refractivity contribution in [3.8, 4) is 0 Å². The molecule has 0 aromatic heterocycles. The van der Waals surface area contributed by atoms with Gasteiger partial charge in [0.05, 0.1) is 19.3 Å². The fourth-order valence-electron chi connectivity index (χ4n) is 7.76. The van der Waals surface area contributed by atoms with Gasteiger partial charge in [-0.2, -0.15) is 23.5 Å². The lowest BCUT2D eigenvalue weighted by atomic mass is 9.95. The van der Waals surface area contributed by atoms with Gasteiger partial charge in [0.1, 0.15) is 54.4 Å². The van der Waals surface area contributed by atoms with Crippen LogP contribution in [0.1, 0.15) is 126 Å². The smallest absolute Gasteiger partial charge is 0.326 e. The molecular weight excluding hydrogens is 1050 g/mol. The zero-order valence-corrected chi connectivity index (χ0v) is 49.2. The van der Waals surface area contributed by atoms with Gasteiger partial charge in [-0.15, -0.1) is 0 Å². The number of hydrogen-bond donors (Lipinski definition) is 15. The van der Waals surface area contributed by atoms with Gasteiger partial charge in [0, 0.05) is 0 Å². The first kappa shape index (κ1) is 73.2. The van der Waals surface area contributed by atoms with Crippen LogP contribution in [0, 0.1) is 23.7 Å². The van der Waals surface area contributed by atoms with Crippen molar-refractivity contribution in [2.45, 2.75) is 186 Å². The van der Waals surface area contributed by atoms with Crippen molar-refractivity contribution in [1.82, 2.24) is 47.9 Å². The minimum atomic E-state index is -1.67. The van der Waals surface area contributed by atoms with E-state index in [2.05, 4.69) is 47.9 Å². The third-order valence-electron chi connectivity index (χ3n) is 13.6. The van der Waals surface area contributed by atoms with Crippen molar-refractivity contribution in [2.24, 2.45) is 40.9 Å². The molecule has 0 heterocycles. The van der Waals surface area contributed by atoms with Crippen LogP contribution in [0.2, 0.25) is 0 Å². The molecule has 0 bridgehead atoms. The molecule has 0 spiro atoms. The molecule has 0 rings (SSSR count). The monoisotopic (exact) mass is 1150 g/mol. The Labute approximate surface area is 469 Å². The van der Waals surface area contributed by atoms with Gasteiger partial charge in [-0.1, -0.05) is 74.7 Å². The number of aliphatic hydroxyl groups is 2. The summed E-state index contributed by atoms with van der Waals surface area (Å²) in [4.78, 5) is 136. The Morgan fingerprint density at radius 3 is 1.09 bits per heavy atom. The van der Waals surface area contributed by atoms with Gasteiger partial charge in [0.15, 0.2) is 0 Å². The number of carbonyl (C=O) groups excluding carboxylic acids is 9. The van der Waals surface area contributed by atoms with Crippen molar-refractivity contribution < 1.29 is 63.3 Å². The summed E-state index contributed by atoms with van der Waals surface area (Å²) in [6.45, 7) is 12.1. The van der Waals surface area contributed by atoms with Crippen LogP contribution in [-0.4, -0.2) is 185 Å². The summed E-state index contributed by atoms with van der Waals surface area (Å²) in [6.07, 6.45) is 7.53. The van der Waals surface area contributed by atoms with E-state index in [9.17, 15) is 63.3 Å². The van der Waals surface area contributed by atoms with E-state index in [0.29, 0.717) is 69.4 Å². The predicted octanol–water partition coefficient (Wildman–Crippen LogP) is -1.70. The Balaban J connectivity index is 6.62.